The minimum atomic E-state index is -3.52. The lowest BCUT2D eigenvalue weighted by Gasteiger charge is -2.13. The summed E-state index contributed by atoms with van der Waals surface area (Å²) >= 11 is 0. The molecular formula is C11H7F2NO3. The second-order valence-corrected chi connectivity index (χ2v) is 3.31. The monoisotopic (exact) mass is 239 g/mol. The van der Waals surface area contributed by atoms with Crippen LogP contribution in [-0.4, -0.2) is 16.2 Å². The Kier molecular flexibility index (Phi) is 2.63. The Hall–Kier alpha value is -2.24. The number of halogens is 2. The molecule has 2 rings (SSSR count). The summed E-state index contributed by atoms with van der Waals surface area (Å²) in [7, 11) is 0. The fourth-order valence-electron chi connectivity index (χ4n) is 1.40. The van der Waals surface area contributed by atoms with E-state index in [9.17, 15) is 13.6 Å². The first-order valence-electron chi connectivity index (χ1n) is 4.65. The number of rotatable bonds is 3. The number of carboxylic acid groups (broad SMARTS) is 1. The minimum Gasteiger partial charge on any atom is -0.478 e. The number of carbonyl (C=O) groups is 1. The first-order chi connectivity index (χ1) is 8.03. The fourth-order valence-corrected chi connectivity index (χ4v) is 1.40. The highest BCUT2D eigenvalue weighted by Gasteiger charge is 2.42. The van der Waals surface area contributed by atoms with Crippen LogP contribution in [0, 0.1) is 0 Å². The summed E-state index contributed by atoms with van der Waals surface area (Å²) in [6.45, 7) is 0. The van der Waals surface area contributed by atoms with Crippen molar-refractivity contribution in [1.29, 1.82) is 0 Å². The second kappa shape index (κ2) is 3.97. The molecule has 0 radical (unpaired) electrons. The smallest absolute Gasteiger partial charge is 0.341 e. The summed E-state index contributed by atoms with van der Waals surface area (Å²) in [5, 5.41) is 11.8. The van der Waals surface area contributed by atoms with Crippen molar-refractivity contribution in [3.8, 4) is 0 Å². The molecule has 0 aliphatic rings. The second-order valence-electron chi connectivity index (χ2n) is 3.31. The Labute approximate surface area is 94.5 Å². The number of benzene rings is 1. The molecule has 1 aromatic heterocycles. The van der Waals surface area contributed by atoms with Crippen LogP contribution in [0.4, 0.5) is 8.78 Å². The summed E-state index contributed by atoms with van der Waals surface area (Å²) in [5.41, 5.74) is -0.988. The maximum Gasteiger partial charge on any atom is 0.341 e. The van der Waals surface area contributed by atoms with Gasteiger partial charge < -0.3 is 9.63 Å². The zero-order chi connectivity index (χ0) is 12.5. The molecule has 4 nitrogen and oxygen atoms in total. The molecule has 0 saturated carbocycles. The molecule has 0 amide bonds. The van der Waals surface area contributed by atoms with Gasteiger partial charge in [-0.3, -0.25) is 0 Å². The lowest BCUT2D eigenvalue weighted by atomic mass is 10.0. The summed E-state index contributed by atoms with van der Waals surface area (Å²) in [6, 6.07) is 6.82. The molecule has 0 fully saturated rings. The van der Waals surface area contributed by atoms with Crippen molar-refractivity contribution in [2.75, 3.05) is 0 Å². The highest BCUT2D eigenvalue weighted by atomic mass is 19.3. The Bertz CT molecular complexity index is 537. The third-order valence-corrected chi connectivity index (χ3v) is 2.22. The Morgan fingerprint density at radius 3 is 2.53 bits per heavy atom. The van der Waals surface area contributed by atoms with Gasteiger partial charge in [-0.15, -0.1) is 0 Å². The summed E-state index contributed by atoms with van der Waals surface area (Å²) in [6.07, 6.45) is 0.758. The van der Waals surface area contributed by atoms with Crippen LogP contribution in [0.3, 0.4) is 0 Å². The van der Waals surface area contributed by atoms with Crippen molar-refractivity contribution in [3.63, 3.8) is 0 Å². The van der Waals surface area contributed by atoms with E-state index in [-0.39, 0.29) is 5.56 Å². The van der Waals surface area contributed by atoms with E-state index in [1.54, 1.807) is 6.07 Å². The van der Waals surface area contributed by atoms with Gasteiger partial charge in [-0.05, 0) is 0 Å². The number of hydrogen-bond donors (Lipinski definition) is 1. The average Bonchev–Trinajstić information content (AvgIpc) is 2.80. The molecule has 1 N–H and O–H groups in total. The van der Waals surface area contributed by atoms with Gasteiger partial charge in [-0.2, -0.15) is 8.78 Å². The van der Waals surface area contributed by atoms with Crippen LogP contribution >= 0.6 is 0 Å². The van der Waals surface area contributed by atoms with E-state index < -0.39 is 23.2 Å². The van der Waals surface area contributed by atoms with Gasteiger partial charge in [-0.1, -0.05) is 35.5 Å². The van der Waals surface area contributed by atoms with Gasteiger partial charge in [-0.25, -0.2) is 4.79 Å². The normalized spacial score (nSPS) is 11.4. The van der Waals surface area contributed by atoms with E-state index >= 15 is 0 Å². The van der Waals surface area contributed by atoms with E-state index in [1.807, 2.05) is 0 Å². The molecule has 0 unspecified atom stereocenters. The molecule has 0 spiro atoms. The molecule has 0 aliphatic heterocycles. The average molecular weight is 239 g/mol. The van der Waals surface area contributed by atoms with Gasteiger partial charge in [0.05, 0.1) is 6.20 Å². The molecular weight excluding hydrogens is 232 g/mol. The van der Waals surface area contributed by atoms with Crippen LogP contribution in [0.15, 0.2) is 41.1 Å². The molecule has 2 aromatic rings. The standard InChI is InChI=1S/C11H7F2NO3/c12-11(13,7-4-2-1-3-5-7)9-8(10(15)16)6-14-17-9/h1-6H,(H,15,16). The molecule has 17 heavy (non-hydrogen) atoms. The fraction of sp³-hybridized carbons (Fsp3) is 0.0909. The van der Waals surface area contributed by atoms with E-state index in [2.05, 4.69) is 9.68 Å². The Morgan fingerprint density at radius 2 is 1.94 bits per heavy atom. The quantitative estimate of drug-likeness (QED) is 0.893. The topological polar surface area (TPSA) is 63.3 Å². The largest absolute Gasteiger partial charge is 0.478 e. The molecule has 0 bridgehead atoms. The third-order valence-electron chi connectivity index (χ3n) is 2.22. The molecule has 6 heteroatoms. The first kappa shape index (κ1) is 11.3. The van der Waals surface area contributed by atoms with E-state index in [0.29, 0.717) is 0 Å². The number of alkyl halides is 2. The summed E-state index contributed by atoms with van der Waals surface area (Å²) in [4.78, 5) is 10.7. The van der Waals surface area contributed by atoms with Crippen LogP contribution < -0.4 is 0 Å². The van der Waals surface area contributed by atoms with E-state index in [4.69, 9.17) is 5.11 Å². The van der Waals surface area contributed by atoms with E-state index in [0.717, 1.165) is 6.20 Å². The number of aromatic carboxylic acids is 1. The van der Waals surface area contributed by atoms with Gasteiger partial charge in [0.25, 0.3) is 0 Å². The van der Waals surface area contributed by atoms with Gasteiger partial charge in [0.2, 0.25) is 5.76 Å². The van der Waals surface area contributed by atoms with Gasteiger partial charge >= 0.3 is 11.9 Å². The van der Waals surface area contributed by atoms with Crippen molar-refractivity contribution < 1.29 is 23.2 Å². The molecule has 1 aromatic carbocycles. The molecule has 0 saturated heterocycles. The van der Waals surface area contributed by atoms with Crippen molar-refractivity contribution in [2.45, 2.75) is 5.92 Å². The number of nitrogens with zero attached hydrogens (tertiary/aromatic N) is 1. The Morgan fingerprint density at radius 1 is 1.29 bits per heavy atom. The first-order valence-corrected chi connectivity index (χ1v) is 4.65. The summed E-state index contributed by atoms with van der Waals surface area (Å²) in [5.74, 6) is -5.99. The van der Waals surface area contributed by atoms with Crippen LogP contribution in [0.5, 0.6) is 0 Å². The van der Waals surface area contributed by atoms with Crippen LogP contribution in [0.25, 0.3) is 0 Å². The lowest BCUT2D eigenvalue weighted by molar-refractivity contribution is 0.0109. The summed E-state index contributed by atoms with van der Waals surface area (Å²) < 4.78 is 32.3. The Balaban J connectivity index is 2.52. The van der Waals surface area contributed by atoms with Gasteiger partial charge in [0, 0.05) is 5.56 Å². The van der Waals surface area contributed by atoms with Gasteiger partial charge in [0.1, 0.15) is 5.56 Å². The van der Waals surface area contributed by atoms with Crippen molar-refractivity contribution in [3.05, 3.63) is 53.4 Å². The number of hydrogen-bond acceptors (Lipinski definition) is 3. The maximum atomic E-state index is 13.9. The molecule has 0 aliphatic carbocycles. The number of carboxylic acids is 1. The highest BCUT2D eigenvalue weighted by Crippen LogP contribution is 2.37. The predicted molar refractivity (Wildman–Crippen MR) is 52.9 cm³/mol. The van der Waals surface area contributed by atoms with Crippen molar-refractivity contribution in [2.24, 2.45) is 0 Å². The molecule has 1 heterocycles. The van der Waals surface area contributed by atoms with Crippen LogP contribution in [0.2, 0.25) is 0 Å². The predicted octanol–water partition coefficient (Wildman–Crippen LogP) is 2.51. The lowest BCUT2D eigenvalue weighted by Crippen LogP contribution is -2.17. The maximum absolute atomic E-state index is 13.9. The number of aromatic nitrogens is 1. The van der Waals surface area contributed by atoms with Crippen molar-refractivity contribution in [1.82, 2.24) is 5.16 Å². The third kappa shape index (κ3) is 1.89. The van der Waals surface area contributed by atoms with Gasteiger partial charge in [0.15, 0.2) is 0 Å². The van der Waals surface area contributed by atoms with E-state index in [1.165, 1.54) is 24.3 Å². The van der Waals surface area contributed by atoms with Crippen molar-refractivity contribution >= 4 is 5.97 Å². The highest BCUT2D eigenvalue weighted by molar-refractivity contribution is 5.88. The zero-order valence-corrected chi connectivity index (χ0v) is 8.43. The van der Waals surface area contributed by atoms with Crippen LogP contribution in [0.1, 0.15) is 21.7 Å². The SMILES string of the molecule is O=C(O)c1cnoc1C(F)(F)c1ccccc1. The zero-order valence-electron chi connectivity index (χ0n) is 8.43. The van der Waals surface area contributed by atoms with Crippen LogP contribution in [-0.2, 0) is 5.92 Å². The molecule has 0 atom stereocenters. The molecule has 88 valence electrons. The minimum absolute atomic E-state index is 0.348.